The van der Waals surface area contributed by atoms with Gasteiger partial charge in [0.15, 0.2) is 0 Å². The summed E-state index contributed by atoms with van der Waals surface area (Å²) in [5.74, 6) is -2.85. The van der Waals surface area contributed by atoms with E-state index in [-0.39, 0.29) is 56.5 Å². The number of aliphatic imine (C=N–C) groups is 3. The molecule has 7 rings (SSSR count). The molecule has 0 saturated heterocycles. The molecule has 3 aliphatic rings. The molecule has 0 atom stereocenters. The molecule has 0 bridgehead atoms. The van der Waals surface area contributed by atoms with Crippen LogP contribution in [0.15, 0.2) is 79.8 Å². The molecular weight excluding hydrogens is 571 g/mol. The maximum absolute atomic E-state index is 16.5. The van der Waals surface area contributed by atoms with Gasteiger partial charge in [-0.3, -0.25) is 19.5 Å². The normalized spacial score (nSPS) is 15.5. The number of halogens is 3. The summed E-state index contributed by atoms with van der Waals surface area (Å²) in [6, 6.07) is 10.6. The van der Waals surface area contributed by atoms with Crippen molar-refractivity contribution in [2.45, 2.75) is 32.2 Å². The van der Waals surface area contributed by atoms with E-state index in [0.29, 0.717) is 23.4 Å². The lowest BCUT2D eigenvalue weighted by atomic mass is 9.94. The number of hydrogen-bond acceptors (Lipinski definition) is 6. The number of benzene rings is 3. The average Bonchev–Trinajstić information content (AvgIpc) is 3.63. The molecule has 1 saturated carbocycles. The fraction of sp³-hybridized carbons (Fsp3) is 0.182. The zero-order valence-corrected chi connectivity index (χ0v) is 23.6. The van der Waals surface area contributed by atoms with Crippen LogP contribution >= 0.6 is 0 Å². The second kappa shape index (κ2) is 10.4. The van der Waals surface area contributed by atoms with Crippen molar-refractivity contribution in [3.05, 3.63) is 94.6 Å². The van der Waals surface area contributed by atoms with Crippen LogP contribution in [0.4, 0.5) is 13.2 Å². The van der Waals surface area contributed by atoms with E-state index in [0.717, 1.165) is 18.9 Å². The van der Waals surface area contributed by atoms with Gasteiger partial charge in [0.25, 0.3) is 11.8 Å². The minimum Gasteiger partial charge on any atom is -0.455 e. The van der Waals surface area contributed by atoms with Crippen molar-refractivity contribution in [2.24, 2.45) is 15.0 Å². The Labute approximate surface area is 249 Å². The molecule has 0 radical (unpaired) electrons. The van der Waals surface area contributed by atoms with Gasteiger partial charge in [-0.2, -0.15) is 0 Å². The van der Waals surface area contributed by atoms with Crippen LogP contribution in [-0.4, -0.2) is 47.7 Å². The van der Waals surface area contributed by atoms with Crippen molar-refractivity contribution in [1.82, 2.24) is 10.2 Å². The maximum atomic E-state index is 16.5. The molecule has 220 valence electrons. The Morgan fingerprint density at radius 3 is 2.48 bits per heavy atom. The van der Waals surface area contributed by atoms with Gasteiger partial charge in [0.05, 0.1) is 22.9 Å². The average molecular weight is 596 g/mol. The van der Waals surface area contributed by atoms with E-state index in [9.17, 15) is 14.0 Å². The van der Waals surface area contributed by atoms with Crippen molar-refractivity contribution < 1.29 is 27.2 Å². The fourth-order valence-electron chi connectivity index (χ4n) is 5.48. The van der Waals surface area contributed by atoms with Gasteiger partial charge in [-0.05, 0) is 79.4 Å². The van der Waals surface area contributed by atoms with E-state index < -0.39 is 29.3 Å². The monoisotopic (exact) mass is 595 g/mol. The highest BCUT2D eigenvalue weighted by atomic mass is 19.1. The van der Waals surface area contributed by atoms with Crippen LogP contribution in [0.1, 0.15) is 45.5 Å². The van der Waals surface area contributed by atoms with Gasteiger partial charge in [0.1, 0.15) is 34.5 Å². The number of fused-ring (bicyclic) bond motifs is 2. The molecule has 1 aliphatic carbocycles. The van der Waals surface area contributed by atoms with Gasteiger partial charge in [-0.15, -0.1) is 0 Å². The topological polar surface area (TPSA) is 99.6 Å². The van der Waals surface area contributed by atoms with E-state index in [2.05, 4.69) is 20.3 Å². The SMILES string of the molecule is CNC(=O)c1c(-c2ccc(F)cc2)oc2ccc(-c3cc(C(=O)N(C4=NC5=CN=CCC5=N4)C4CC4)cc(F)c3C)c(F)c12. The predicted molar refractivity (Wildman–Crippen MR) is 160 cm³/mol. The zero-order chi connectivity index (χ0) is 30.7. The lowest BCUT2D eigenvalue weighted by molar-refractivity contribution is 0.0837. The molecule has 2 amide bonds. The van der Waals surface area contributed by atoms with Crippen LogP contribution in [0.5, 0.6) is 0 Å². The standard InChI is InChI=1S/C33H24F3N5O3/c1-16-22(13-18(14-23(16)35)32(43)41(20-7-8-20)33-39-24-11-12-38-15-25(24)40-33)21-9-10-26-27(29(21)36)28(31(42)37-2)30(44-26)17-3-5-19(34)6-4-17/h3-6,9-10,12-15,20H,7-8,11H2,1-2H3,(H,37,42). The third-order valence-corrected chi connectivity index (χ3v) is 7.92. The third-order valence-electron chi connectivity index (χ3n) is 7.92. The first-order valence-electron chi connectivity index (χ1n) is 14.0. The smallest absolute Gasteiger partial charge is 0.261 e. The van der Waals surface area contributed by atoms with Gasteiger partial charge in [-0.25, -0.2) is 23.2 Å². The minimum absolute atomic E-state index is 0.00298. The number of hydrogen-bond donors (Lipinski definition) is 1. The highest BCUT2D eigenvalue weighted by molar-refractivity contribution is 6.20. The highest BCUT2D eigenvalue weighted by Gasteiger charge is 2.39. The Morgan fingerprint density at radius 2 is 1.77 bits per heavy atom. The summed E-state index contributed by atoms with van der Waals surface area (Å²) in [5.41, 5.74) is 1.88. The van der Waals surface area contributed by atoms with Gasteiger partial charge in [-0.1, -0.05) is 0 Å². The Hall–Kier alpha value is -5.32. The summed E-state index contributed by atoms with van der Waals surface area (Å²) in [4.78, 5) is 41.5. The second-order valence-electron chi connectivity index (χ2n) is 10.7. The summed E-state index contributed by atoms with van der Waals surface area (Å²) < 4.78 is 51.5. The number of carbonyl (C=O) groups is 2. The van der Waals surface area contributed by atoms with E-state index in [1.807, 2.05) is 0 Å². The summed E-state index contributed by atoms with van der Waals surface area (Å²) >= 11 is 0. The summed E-state index contributed by atoms with van der Waals surface area (Å²) in [5, 5.41) is 2.38. The van der Waals surface area contributed by atoms with Gasteiger partial charge >= 0.3 is 0 Å². The third kappa shape index (κ3) is 4.52. The number of amides is 2. The molecule has 1 fully saturated rings. The summed E-state index contributed by atoms with van der Waals surface area (Å²) in [6.07, 6.45) is 5.27. The first-order valence-corrected chi connectivity index (χ1v) is 14.0. The molecule has 11 heteroatoms. The number of nitrogens with one attached hydrogen (secondary N) is 1. The van der Waals surface area contributed by atoms with Crippen LogP contribution in [0.25, 0.3) is 33.4 Å². The van der Waals surface area contributed by atoms with Crippen molar-refractivity contribution in [3.63, 3.8) is 0 Å². The molecule has 3 heterocycles. The molecule has 4 aromatic rings. The second-order valence-corrected chi connectivity index (χ2v) is 10.7. The Balaban J connectivity index is 1.34. The quantitative estimate of drug-likeness (QED) is 0.282. The van der Waals surface area contributed by atoms with Gasteiger partial charge in [0, 0.05) is 42.4 Å². The number of allylic oxidation sites excluding steroid dienone is 1. The van der Waals surface area contributed by atoms with Crippen molar-refractivity contribution in [1.29, 1.82) is 0 Å². The fourth-order valence-corrected chi connectivity index (χ4v) is 5.48. The zero-order valence-electron chi connectivity index (χ0n) is 23.6. The summed E-state index contributed by atoms with van der Waals surface area (Å²) in [7, 11) is 1.40. The summed E-state index contributed by atoms with van der Waals surface area (Å²) in [6.45, 7) is 1.49. The van der Waals surface area contributed by atoms with Crippen LogP contribution in [0.2, 0.25) is 0 Å². The Morgan fingerprint density at radius 1 is 1.00 bits per heavy atom. The maximum Gasteiger partial charge on any atom is 0.261 e. The molecule has 3 aromatic carbocycles. The molecular formula is C33H24F3N5O3. The number of furan rings is 1. The van der Waals surface area contributed by atoms with Crippen LogP contribution in [-0.2, 0) is 0 Å². The number of carbonyl (C=O) groups excluding carboxylic acids is 2. The molecule has 0 spiro atoms. The van der Waals surface area contributed by atoms with E-state index in [1.165, 1.54) is 61.3 Å². The van der Waals surface area contributed by atoms with Crippen molar-refractivity contribution in [3.8, 4) is 22.5 Å². The first kappa shape index (κ1) is 27.5. The van der Waals surface area contributed by atoms with Crippen molar-refractivity contribution in [2.75, 3.05) is 7.05 Å². The lowest BCUT2D eigenvalue weighted by Gasteiger charge is -2.21. The van der Waals surface area contributed by atoms with Crippen LogP contribution in [0, 0.1) is 24.4 Å². The first-order chi connectivity index (χ1) is 21.2. The molecule has 8 nitrogen and oxygen atoms in total. The lowest BCUT2D eigenvalue weighted by Crippen LogP contribution is -2.37. The molecule has 1 N–H and O–H groups in total. The number of rotatable bonds is 5. The predicted octanol–water partition coefficient (Wildman–Crippen LogP) is 6.58. The molecule has 2 aliphatic heterocycles. The van der Waals surface area contributed by atoms with Crippen LogP contribution in [0.3, 0.4) is 0 Å². The van der Waals surface area contributed by atoms with Gasteiger partial charge in [0.2, 0.25) is 5.96 Å². The molecule has 0 unspecified atom stereocenters. The van der Waals surface area contributed by atoms with Crippen molar-refractivity contribution >= 4 is 40.7 Å². The largest absolute Gasteiger partial charge is 0.455 e. The van der Waals surface area contributed by atoms with E-state index in [1.54, 1.807) is 12.4 Å². The molecule has 1 aromatic heterocycles. The van der Waals surface area contributed by atoms with Gasteiger partial charge < -0.3 is 9.73 Å². The minimum atomic E-state index is -0.827. The molecule has 44 heavy (non-hydrogen) atoms. The highest BCUT2D eigenvalue weighted by Crippen LogP contribution is 2.40. The Bertz CT molecular complexity index is 2020. The number of guanidine groups is 1. The van der Waals surface area contributed by atoms with E-state index >= 15 is 8.78 Å². The van der Waals surface area contributed by atoms with Crippen LogP contribution < -0.4 is 5.32 Å². The van der Waals surface area contributed by atoms with E-state index in [4.69, 9.17) is 4.42 Å². The Kier molecular flexibility index (Phi) is 6.53. The number of nitrogens with zero attached hydrogens (tertiary/aromatic N) is 4.